The van der Waals surface area contributed by atoms with Crippen LogP contribution in [-0.4, -0.2) is 31.1 Å². The molecule has 3 aromatic heterocycles. The Morgan fingerprint density at radius 2 is 1.94 bits per heavy atom. The number of pyridine rings is 1. The molecule has 0 aliphatic rings. The standard InChI is InChI=1S/C23H21N7O/c1-3-14-5-4-13(2)25-21(14)29-23-27-18-9-7-15(10-20(18)28-23)22(31)26-17-8-6-16-12-24-30-19(16)11-17/h4-12H,3H2,1-2H3,(H,24,30)(H,26,31)(H2,25,27,28,29). The number of anilines is 3. The van der Waals surface area contributed by atoms with E-state index in [-0.39, 0.29) is 5.91 Å². The van der Waals surface area contributed by atoms with Crippen LogP contribution in [0.2, 0.25) is 0 Å². The summed E-state index contributed by atoms with van der Waals surface area (Å²) in [5.41, 5.74) is 5.69. The third-order valence-corrected chi connectivity index (χ3v) is 5.18. The molecule has 0 unspecified atom stereocenters. The molecule has 5 aromatic rings. The lowest BCUT2D eigenvalue weighted by atomic mass is 10.1. The molecule has 0 atom stereocenters. The topological polar surface area (TPSA) is 111 Å². The van der Waals surface area contributed by atoms with Crippen LogP contribution in [0, 0.1) is 6.92 Å². The Kier molecular flexibility index (Phi) is 4.59. The van der Waals surface area contributed by atoms with Gasteiger partial charge in [-0.2, -0.15) is 5.10 Å². The molecule has 154 valence electrons. The number of imidazole rings is 1. The number of carbonyl (C=O) groups excluding carboxylic acids is 1. The van der Waals surface area contributed by atoms with Crippen molar-refractivity contribution in [1.82, 2.24) is 25.1 Å². The first-order valence-corrected chi connectivity index (χ1v) is 10.1. The van der Waals surface area contributed by atoms with Gasteiger partial charge in [0.2, 0.25) is 5.95 Å². The van der Waals surface area contributed by atoms with Crippen LogP contribution in [0.5, 0.6) is 0 Å². The maximum Gasteiger partial charge on any atom is 0.255 e. The van der Waals surface area contributed by atoms with Crippen molar-refractivity contribution in [2.45, 2.75) is 20.3 Å². The van der Waals surface area contributed by atoms with Crippen molar-refractivity contribution in [1.29, 1.82) is 0 Å². The minimum Gasteiger partial charge on any atom is -0.324 e. The van der Waals surface area contributed by atoms with Gasteiger partial charge in [-0.05, 0) is 61.4 Å². The van der Waals surface area contributed by atoms with Crippen LogP contribution in [0.1, 0.15) is 28.5 Å². The summed E-state index contributed by atoms with van der Waals surface area (Å²) in [4.78, 5) is 25.1. The molecule has 2 aromatic carbocycles. The SMILES string of the molecule is CCc1ccc(C)nc1Nc1nc2ccc(C(=O)Nc3ccc4cn[nH]c4c3)cc2[nH]1. The van der Waals surface area contributed by atoms with Crippen molar-refractivity contribution in [3.8, 4) is 0 Å². The van der Waals surface area contributed by atoms with Gasteiger partial charge in [0.05, 0.1) is 22.7 Å². The molecule has 1 amide bonds. The Hall–Kier alpha value is -4.20. The molecule has 3 heterocycles. The van der Waals surface area contributed by atoms with E-state index in [1.165, 1.54) is 0 Å². The predicted molar refractivity (Wildman–Crippen MR) is 122 cm³/mol. The van der Waals surface area contributed by atoms with E-state index in [0.717, 1.165) is 45.4 Å². The number of nitrogens with one attached hydrogen (secondary N) is 4. The molecular formula is C23H21N7O. The van der Waals surface area contributed by atoms with Gasteiger partial charge in [-0.3, -0.25) is 9.89 Å². The number of amides is 1. The number of hydrogen-bond donors (Lipinski definition) is 4. The van der Waals surface area contributed by atoms with Crippen molar-refractivity contribution in [3.05, 3.63) is 71.5 Å². The smallest absolute Gasteiger partial charge is 0.255 e. The van der Waals surface area contributed by atoms with Crippen LogP contribution in [0.25, 0.3) is 21.9 Å². The Labute approximate surface area is 178 Å². The third kappa shape index (κ3) is 3.71. The van der Waals surface area contributed by atoms with Crippen LogP contribution in [0.3, 0.4) is 0 Å². The zero-order valence-corrected chi connectivity index (χ0v) is 17.2. The molecule has 8 nitrogen and oxygen atoms in total. The quantitative estimate of drug-likeness (QED) is 0.335. The fraction of sp³-hybridized carbons (Fsp3) is 0.130. The molecule has 0 fully saturated rings. The molecule has 0 spiro atoms. The van der Waals surface area contributed by atoms with E-state index in [0.29, 0.717) is 17.2 Å². The average Bonchev–Trinajstić information content (AvgIpc) is 3.39. The first-order chi connectivity index (χ1) is 15.1. The number of H-pyrrole nitrogens is 2. The van der Waals surface area contributed by atoms with E-state index >= 15 is 0 Å². The zero-order chi connectivity index (χ0) is 21.4. The normalized spacial score (nSPS) is 11.2. The highest BCUT2D eigenvalue weighted by Gasteiger charge is 2.12. The first kappa shape index (κ1) is 18.8. The lowest BCUT2D eigenvalue weighted by molar-refractivity contribution is 0.102. The number of aryl methyl sites for hydroxylation is 2. The summed E-state index contributed by atoms with van der Waals surface area (Å²) in [6.45, 7) is 4.05. The number of fused-ring (bicyclic) bond motifs is 2. The summed E-state index contributed by atoms with van der Waals surface area (Å²) in [5, 5.41) is 14.1. The third-order valence-electron chi connectivity index (χ3n) is 5.18. The van der Waals surface area contributed by atoms with Gasteiger partial charge in [0.1, 0.15) is 5.82 Å². The Balaban J connectivity index is 1.38. The van der Waals surface area contributed by atoms with Gasteiger partial charge in [-0.15, -0.1) is 0 Å². The number of benzene rings is 2. The molecule has 8 heteroatoms. The monoisotopic (exact) mass is 411 g/mol. The largest absolute Gasteiger partial charge is 0.324 e. The van der Waals surface area contributed by atoms with Gasteiger partial charge in [0.25, 0.3) is 5.91 Å². The summed E-state index contributed by atoms with van der Waals surface area (Å²) < 4.78 is 0. The maximum absolute atomic E-state index is 12.8. The summed E-state index contributed by atoms with van der Waals surface area (Å²) in [6, 6.07) is 15.1. The molecule has 0 radical (unpaired) electrons. The van der Waals surface area contributed by atoms with Gasteiger partial charge in [-0.25, -0.2) is 9.97 Å². The van der Waals surface area contributed by atoms with Crippen LogP contribution >= 0.6 is 0 Å². The van der Waals surface area contributed by atoms with E-state index in [4.69, 9.17) is 0 Å². The van der Waals surface area contributed by atoms with E-state index < -0.39 is 0 Å². The highest BCUT2D eigenvalue weighted by molar-refractivity contribution is 6.06. The number of aromatic amines is 2. The van der Waals surface area contributed by atoms with Crippen molar-refractivity contribution in [2.75, 3.05) is 10.6 Å². The second kappa shape index (κ2) is 7.56. The van der Waals surface area contributed by atoms with Gasteiger partial charge >= 0.3 is 0 Å². The zero-order valence-electron chi connectivity index (χ0n) is 17.2. The average molecular weight is 411 g/mol. The molecule has 31 heavy (non-hydrogen) atoms. The summed E-state index contributed by atoms with van der Waals surface area (Å²) >= 11 is 0. The summed E-state index contributed by atoms with van der Waals surface area (Å²) in [7, 11) is 0. The maximum atomic E-state index is 12.8. The van der Waals surface area contributed by atoms with Crippen molar-refractivity contribution >= 4 is 45.3 Å². The fourth-order valence-electron chi connectivity index (χ4n) is 3.52. The molecule has 0 bridgehead atoms. The molecule has 0 aliphatic heterocycles. The molecule has 4 N–H and O–H groups in total. The fourth-order valence-corrected chi connectivity index (χ4v) is 3.52. The minimum atomic E-state index is -0.196. The number of aromatic nitrogens is 5. The highest BCUT2D eigenvalue weighted by Crippen LogP contribution is 2.22. The number of carbonyl (C=O) groups is 1. The van der Waals surface area contributed by atoms with E-state index in [1.807, 2.05) is 37.3 Å². The van der Waals surface area contributed by atoms with E-state index in [2.05, 4.69) is 48.8 Å². The van der Waals surface area contributed by atoms with Gasteiger partial charge in [-0.1, -0.05) is 13.0 Å². The van der Waals surface area contributed by atoms with Crippen LogP contribution in [-0.2, 0) is 6.42 Å². The molecular weight excluding hydrogens is 390 g/mol. The van der Waals surface area contributed by atoms with Crippen LogP contribution < -0.4 is 10.6 Å². The van der Waals surface area contributed by atoms with Gasteiger partial charge in [0, 0.05) is 22.3 Å². The lowest BCUT2D eigenvalue weighted by Gasteiger charge is -2.08. The van der Waals surface area contributed by atoms with E-state index in [1.54, 1.807) is 18.3 Å². The van der Waals surface area contributed by atoms with Crippen molar-refractivity contribution in [3.63, 3.8) is 0 Å². The number of rotatable bonds is 5. The number of hydrogen-bond acceptors (Lipinski definition) is 5. The van der Waals surface area contributed by atoms with Gasteiger partial charge < -0.3 is 15.6 Å². The summed E-state index contributed by atoms with van der Waals surface area (Å²) in [5.74, 6) is 1.18. The van der Waals surface area contributed by atoms with Crippen molar-refractivity contribution in [2.24, 2.45) is 0 Å². The predicted octanol–water partition coefficient (Wildman–Crippen LogP) is 4.70. The Bertz CT molecular complexity index is 1420. The molecule has 0 saturated heterocycles. The second-order valence-corrected chi connectivity index (χ2v) is 7.38. The molecule has 0 saturated carbocycles. The van der Waals surface area contributed by atoms with E-state index in [9.17, 15) is 4.79 Å². The van der Waals surface area contributed by atoms with Crippen LogP contribution in [0.15, 0.2) is 54.7 Å². The molecule has 0 aliphatic carbocycles. The van der Waals surface area contributed by atoms with Gasteiger partial charge in [0.15, 0.2) is 0 Å². The highest BCUT2D eigenvalue weighted by atomic mass is 16.1. The van der Waals surface area contributed by atoms with Crippen molar-refractivity contribution < 1.29 is 4.79 Å². The minimum absolute atomic E-state index is 0.196. The molecule has 5 rings (SSSR count). The first-order valence-electron chi connectivity index (χ1n) is 10.1. The number of nitrogens with zero attached hydrogens (tertiary/aromatic N) is 3. The summed E-state index contributed by atoms with van der Waals surface area (Å²) in [6.07, 6.45) is 2.61. The Morgan fingerprint density at radius 3 is 2.81 bits per heavy atom. The lowest BCUT2D eigenvalue weighted by Crippen LogP contribution is -2.11. The second-order valence-electron chi connectivity index (χ2n) is 7.38. The van der Waals surface area contributed by atoms with Crippen LogP contribution in [0.4, 0.5) is 17.5 Å². The Morgan fingerprint density at radius 1 is 1.03 bits per heavy atom.